The van der Waals surface area contributed by atoms with Gasteiger partial charge in [-0.25, -0.2) is 0 Å². The number of esters is 1. The molecule has 1 aliphatic heterocycles. The Labute approximate surface area is 157 Å². The third-order valence-electron chi connectivity index (χ3n) is 4.40. The van der Waals surface area contributed by atoms with Crippen LogP contribution in [0.1, 0.15) is 17.5 Å². The molecule has 0 aliphatic carbocycles. The zero-order valence-corrected chi connectivity index (χ0v) is 15.3. The molecule has 2 aromatic carbocycles. The number of cyclic esters (lactones) is 1. The van der Waals surface area contributed by atoms with Gasteiger partial charge in [-0.15, -0.1) is 0 Å². The molecule has 1 saturated heterocycles. The molecule has 1 heterocycles. The van der Waals surface area contributed by atoms with Crippen LogP contribution in [0, 0.1) is 6.92 Å². The van der Waals surface area contributed by atoms with Crippen LogP contribution in [0.15, 0.2) is 48.5 Å². The van der Waals surface area contributed by atoms with E-state index < -0.39 is 6.04 Å². The summed E-state index contributed by atoms with van der Waals surface area (Å²) in [4.78, 5) is 26.6. The molecule has 1 fully saturated rings. The van der Waals surface area contributed by atoms with E-state index in [9.17, 15) is 9.59 Å². The normalized spacial score (nSPS) is 17.6. The summed E-state index contributed by atoms with van der Waals surface area (Å²) in [6.45, 7) is 3.45. The number of carbonyl (C=O) groups is 2. The first-order chi connectivity index (χ1) is 12.5. The first kappa shape index (κ1) is 18.4. The molecule has 1 atom stereocenters. The summed E-state index contributed by atoms with van der Waals surface area (Å²) in [5.74, 6) is -0.601. The highest BCUT2D eigenvalue weighted by Crippen LogP contribution is 2.21. The lowest BCUT2D eigenvalue weighted by atomic mass is 10.1. The molecule has 26 heavy (non-hydrogen) atoms. The largest absolute Gasteiger partial charge is 0.463 e. The minimum absolute atomic E-state index is 0.0389. The van der Waals surface area contributed by atoms with E-state index in [2.05, 4.69) is 5.32 Å². The molecule has 1 unspecified atom stereocenters. The van der Waals surface area contributed by atoms with Gasteiger partial charge in [-0.2, -0.15) is 0 Å². The maximum absolute atomic E-state index is 12.4. The highest BCUT2D eigenvalue weighted by Gasteiger charge is 2.33. The number of anilines is 1. The molecule has 6 heteroatoms. The molecule has 2 aromatic rings. The van der Waals surface area contributed by atoms with E-state index in [4.69, 9.17) is 16.3 Å². The number of amides is 1. The predicted molar refractivity (Wildman–Crippen MR) is 101 cm³/mol. The average Bonchev–Trinajstić information content (AvgIpc) is 2.62. The first-order valence-electron chi connectivity index (χ1n) is 8.53. The van der Waals surface area contributed by atoms with Gasteiger partial charge in [-0.05, 0) is 30.2 Å². The molecule has 5 nitrogen and oxygen atoms in total. The van der Waals surface area contributed by atoms with Gasteiger partial charge in [0.1, 0.15) is 12.6 Å². The predicted octanol–water partition coefficient (Wildman–Crippen LogP) is 3.40. The van der Waals surface area contributed by atoms with Crippen LogP contribution in [0.5, 0.6) is 0 Å². The minimum atomic E-state index is -0.593. The Kier molecular flexibility index (Phi) is 5.91. The molecule has 0 radical (unpaired) electrons. The number of morpholine rings is 1. The number of halogens is 1. The molecule has 1 N–H and O–H groups in total. The maximum atomic E-state index is 12.4. The van der Waals surface area contributed by atoms with E-state index in [1.165, 1.54) is 0 Å². The topological polar surface area (TPSA) is 58.6 Å². The second-order valence-electron chi connectivity index (χ2n) is 6.36. The van der Waals surface area contributed by atoms with Gasteiger partial charge in [-0.3, -0.25) is 14.5 Å². The second kappa shape index (κ2) is 8.34. The van der Waals surface area contributed by atoms with E-state index in [1.807, 2.05) is 48.2 Å². The lowest BCUT2D eigenvalue weighted by Gasteiger charge is -2.33. The summed E-state index contributed by atoms with van der Waals surface area (Å²) >= 11 is 6.09. The van der Waals surface area contributed by atoms with Crippen molar-refractivity contribution in [1.82, 2.24) is 4.90 Å². The Hall–Kier alpha value is -2.37. The van der Waals surface area contributed by atoms with Crippen LogP contribution in [0.25, 0.3) is 0 Å². The fourth-order valence-corrected chi connectivity index (χ4v) is 3.12. The Morgan fingerprint density at radius 1 is 1.27 bits per heavy atom. The minimum Gasteiger partial charge on any atom is -0.463 e. The summed E-state index contributed by atoms with van der Waals surface area (Å²) in [5.41, 5.74) is 2.65. The Morgan fingerprint density at radius 3 is 2.77 bits per heavy atom. The smallest absolute Gasteiger partial charge is 0.323 e. The third-order valence-corrected chi connectivity index (χ3v) is 4.81. The van der Waals surface area contributed by atoms with Crippen LogP contribution in [0.4, 0.5) is 5.69 Å². The van der Waals surface area contributed by atoms with Crippen molar-refractivity contribution in [1.29, 1.82) is 0 Å². The van der Waals surface area contributed by atoms with E-state index in [0.717, 1.165) is 11.1 Å². The number of hydrogen-bond donors (Lipinski definition) is 1. The van der Waals surface area contributed by atoms with Crippen LogP contribution >= 0.6 is 11.6 Å². The monoisotopic (exact) mass is 372 g/mol. The highest BCUT2D eigenvalue weighted by molar-refractivity contribution is 6.31. The van der Waals surface area contributed by atoms with E-state index in [0.29, 0.717) is 30.4 Å². The van der Waals surface area contributed by atoms with Crippen molar-refractivity contribution < 1.29 is 14.3 Å². The number of ether oxygens (including phenoxy) is 1. The van der Waals surface area contributed by atoms with Crippen LogP contribution < -0.4 is 5.32 Å². The number of benzene rings is 2. The number of nitrogens with zero attached hydrogens (tertiary/aromatic N) is 1. The van der Waals surface area contributed by atoms with E-state index in [-0.39, 0.29) is 18.3 Å². The number of carbonyl (C=O) groups excluding carboxylic acids is 2. The third kappa shape index (κ3) is 4.62. The molecule has 136 valence electrons. The van der Waals surface area contributed by atoms with Gasteiger partial charge in [0.2, 0.25) is 5.91 Å². The fraction of sp³-hybridized carbons (Fsp3) is 0.300. The van der Waals surface area contributed by atoms with Crippen molar-refractivity contribution in [3.63, 3.8) is 0 Å². The Bertz CT molecular complexity index is 795. The van der Waals surface area contributed by atoms with Crippen LogP contribution in [-0.2, 0) is 20.9 Å². The van der Waals surface area contributed by atoms with E-state index in [1.54, 1.807) is 12.1 Å². The number of nitrogens with one attached hydrogen (secondary N) is 1. The summed E-state index contributed by atoms with van der Waals surface area (Å²) in [6, 6.07) is 14.6. The van der Waals surface area contributed by atoms with Crippen molar-refractivity contribution in [3.8, 4) is 0 Å². The summed E-state index contributed by atoms with van der Waals surface area (Å²) in [5, 5.41) is 3.39. The molecule has 0 aromatic heterocycles. The molecule has 1 aliphatic rings. The van der Waals surface area contributed by atoms with Crippen molar-refractivity contribution in [2.75, 3.05) is 18.5 Å². The summed E-state index contributed by atoms with van der Waals surface area (Å²) < 4.78 is 5.16. The molecular formula is C20H21ClN2O3. The lowest BCUT2D eigenvalue weighted by molar-refractivity contribution is -0.159. The van der Waals surface area contributed by atoms with Crippen LogP contribution in [0.2, 0.25) is 5.02 Å². The van der Waals surface area contributed by atoms with Crippen molar-refractivity contribution in [2.45, 2.75) is 25.9 Å². The van der Waals surface area contributed by atoms with E-state index >= 15 is 0 Å². The summed E-state index contributed by atoms with van der Waals surface area (Å²) in [6.07, 6.45) is 0.0389. The molecular weight excluding hydrogens is 352 g/mol. The standard InChI is InChI=1S/C20H21ClN2O3/c1-14-7-8-16(11-17(14)21)22-19(24)12-18-20(25)26-10-9-23(18)13-15-5-3-2-4-6-15/h2-8,11,18H,9-10,12-13H2,1H3,(H,22,24). The lowest BCUT2D eigenvalue weighted by Crippen LogP contribution is -2.49. The van der Waals surface area contributed by atoms with Gasteiger partial charge < -0.3 is 10.1 Å². The maximum Gasteiger partial charge on any atom is 0.323 e. The second-order valence-corrected chi connectivity index (χ2v) is 6.76. The fourth-order valence-electron chi connectivity index (χ4n) is 2.94. The average molecular weight is 373 g/mol. The first-order valence-corrected chi connectivity index (χ1v) is 8.91. The van der Waals surface area contributed by atoms with Crippen LogP contribution in [-0.4, -0.2) is 36.0 Å². The van der Waals surface area contributed by atoms with Gasteiger partial charge in [-0.1, -0.05) is 48.0 Å². The van der Waals surface area contributed by atoms with Crippen molar-refractivity contribution in [3.05, 3.63) is 64.7 Å². The molecule has 0 bridgehead atoms. The van der Waals surface area contributed by atoms with Gasteiger partial charge in [0.05, 0.1) is 6.42 Å². The summed E-state index contributed by atoms with van der Waals surface area (Å²) in [7, 11) is 0. The number of aryl methyl sites for hydroxylation is 1. The molecule has 0 saturated carbocycles. The SMILES string of the molecule is Cc1ccc(NC(=O)CC2C(=O)OCCN2Cc2ccccc2)cc1Cl. The van der Waals surface area contributed by atoms with Crippen LogP contribution in [0.3, 0.4) is 0 Å². The molecule has 3 rings (SSSR count). The van der Waals surface area contributed by atoms with Gasteiger partial charge in [0.15, 0.2) is 0 Å². The zero-order chi connectivity index (χ0) is 18.5. The molecule has 0 spiro atoms. The van der Waals surface area contributed by atoms with Gasteiger partial charge >= 0.3 is 5.97 Å². The zero-order valence-electron chi connectivity index (χ0n) is 14.6. The number of hydrogen-bond acceptors (Lipinski definition) is 4. The van der Waals surface area contributed by atoms with Crippen molar-refractivity contribution in [2.24, 2.45) is 0 Å². The Morgan fingerprint density at radius 2 is 2.04 bits per heavy atom. The highest BCUT2D eigenvalue weighted by atomic mass is 35.5. The Balaban J connectivity index is 1.66. The quantitative estimate of drug-likeness (QED) is 0.817. The number of rotatable bonds is 5. The molecule has 1 amide bonds. The van der Waals surface area contributed by atoms with Gasteiger partial charge in [0, 0.05) is 23.8 Å². The van der Waals surface area contributed by atoms with Gasteiger partial charge in [0.25, 0.3) is 0 Å². The van der Waals surface area contributed by atoms with Crippen molar-refractivity contribution >= 4 is 29.2 Å².